The van der Waals surface area contributed by atoms with Crippen LogP contribution in [0, 0.1) is 5.92 Å². The fraction of sp³-hybridized carbons (Fsp3) is 0.520. The minimum absolute atomic E-state index is 0.146. The molecule has 4 nitrogen and oxygen atoms in total. The van der Waals surface area contributed by atoms with Crippen molar-refractivity contribution in [1.29, 1.82) is 0 Å². The number of alkyl halides is 1. The number of halogens is 1. The van der Waals surface area contributed by atoms with Crippen LogP contribution in [-0.4, -0.2) is 47.0 Å². The average molecular weight is 442 g/mol. The number of H-pyrrole nitrogens is 1. The maximum atomic E-state index is 14.5. The van der Waals surface area contributed by atoms with E-state index >= 15 is 0 Å². The lowest BCUT2D eigenvalue weighted by molar-refractivity contribution is 0.0962. The zero-order valence-corrected chi connectivity index (χ0v) is 19.3. The Balaban J connectivity index is 1.45. The summed E-state index contributed by atoms with van der Waals surface area (Å²) >= 11 is 1.40. The van der Waals surface area contributed by atoms with Gasteiger partial charge in [0.15, 0.2) is 5.78 Å². The molecule has 31 heavy (non-hydrogen) atoms. The third-order valence-corrected chi connectivity index (χ3v) is 7.65. The first-order valence-electron chi connectivity index (χ1n) is 11.4. The molecular formula is C25H32FN3OS. The van der Waals surface area contributed by atoms with Crippen molar-refractivity contribution in [3.63, 3.8) is 0 Å². The summed E-state index contributed by atoms with van der Waals surface area (Å²) in [4.78, 5) is 23.6. The predicted molar refractivity (Wildman–Crippen MR) is 126 cm³/mol. The molecule has 4 rings (SSSR count). The van der Waals surface area contributed by atoms with Crippen molar-refractivity contribution in [2.24, 2.45) is 5.92 Å². The molecule has 0 aliphatic carbocycles. The molecular weight excluding hydrogens is 409 g/mol. The SMILES string of the molecule is CCCCC(CC(=O)c1cnc(C2CCN(C)CC2F)s1)Cc1c[nH]c2ccccc12. The number of aromatic nitrogens is 2. The van der Waals surface area contributed by atoms with Gasteiger partial charge in [-0.05, 0) is 50.4 Å². The minimum Gasteiger partial charge on any atom is -0.361 e. The Bertz CT molecular complexity index is 1010. The molecule has 3 unspecified atom stereocenters. The largest absolute Gasteiger partial charge is 0.361 e. The van der Waals surface area contributed by atoms with E-state index in [1.807, 2.05) is 18.0 Å². The number of hydrogen-bond donors (Lipinski definition) is 1. The highest BCUT2D eigenvalue weighted by molar-refractivity contribution is 7.13. The van der Waals surface area contributed by atoms with Crippen LogP contribution in [-0.2, 0) is 6.42 Å². The molecule has 0 amide bonds. The highest BCUT2D eigenvalue weighted by Crippen LogP contribution is 2.34. The minimum atomic E-state index is -0.910. The Morgan fingerprint density at radius 1 is 1.39 bits per heavy atom. The van der Waals surface area contributed by atoms with Gasteiger partial charge in [0, 0.05) is 42.2 Å². The van der Waals surface area contributed by atoms with Crippen LogP contribution in [0.3, 0.4) is 0 Å². The lowest BCUT2D eigenvalue weighted by Gasteiger charge is -2.30. The number of fused-ring (bicyclic) bond motifs is 1. The van der Waals surface area contributed by atoms with Gasteiger partial charge in [0.2, 0.25) is 0 Å². The van der Waals surface area contributed by atoms with E-state index in [0.717, 1.165) is 49.2 Å². The van der Waals surface area contributed by atoms with E-state index in [9.17, 15) is 9.18 Å². The van der Waals surface area contributed by atoms with Crippen molar-refractivity contribution in [2.45, 2.75) is 57.5 Å². The third-order valence-electron chi connectivity index (χ3n) is 6.48. The standard InChI is InChI=1S/C25H32FN3OS/c1-3-4-7-17(12-18-14-27-22-9-6-5-8-19(18)22)13-23(30)24-15-28-25(31-24)20-10-11-29(2)16-21(20)26/h5-6,8-9,14-15,17,20-21,27H,3-4,7,10-13,16H2,1-2H3. The van der Waals surface area contributed by atoms with Gasteiger partial charge < -0.3 is 9.88 Å². The van der Waals surface area contributed by atoms with Crippen molar-refractivity contribution in [3.8, 4) is 0 Å². The summed E-state index contributed by atoms with van der Waals surface area (Å²) in [5.41, 5.74) is 2.42. The number of nitrogens with one attached hydrogen (secondary N) is 1. The van der Waals surface area contributed by atoms with E-state index in [1.165, 1.54) is 22.3 Å². The van der Waals surface area contributed by atoms with Crippen LogP contribution in [0.4, 0.5) is 4.39 Å². The van der Waals surface area contributed by atoms with Crippen LogP contribution in [0.25, 0.3) is 10.9 Å². The van der Waals surface area contributed by atoms with E-state index in [4.69, 9.17) is 0 Å². The number of likely N-dealkylation sites (tertiary alicyclic amines) is 1. The van der Waals surface area contributed by atoms with Gasteiger partial charge in [-0.2, -0.15) is 0 Å². The van der Waals surface area contributed by atoms with Gasteiger partial charge in [-0.3, -0.25) is 4.79 Å². The number of unbranched alkanes of at least 4 members (excludes halogenated alkanes) is 1. The molecule has 0 spiro atoms. The van der Waals surface area contributed by atoms with Crippen molar-refractivity contribution in [3.05, 3.63) is 52.1 Å². The first-order chi connectivity index (χ1) is 15.0. The molecule has 1 aromatic carbocycles. The van der Waals surface area contributed by atoms with Gasteiger partial charge in [0.1, 0.15) is 6.17 Å². The van der Waals surface area contributed by atoms with Crippen molar-refractivity contribution in [2.75, 3.05) is 20.1 Å². The van der Waals surface area contributed by atoms with Crippen LogP contribution >= 0.6 is 11.3 Å². The van der Waals surface area contributed by atoms with Gasteiger partial charge >= 0.3 is 0 Å². The first-order valence-corrected chi connectivity index (χ1v) is 12.2. The van der Waals surface area contributed by atoms with E-state index in [0.29, 0.717) is 23.8 Å². The summed E-state index contributed by atoms with van der Waals surface area (Å²) in [6, 6.07) is 8.33. The van der Waals surface area contributed by atoms with Gasteiger partial charge in [-0.1, -0.05) is 38.0 Å². The Hall–Kier alpha value is -2.05. The molecule has 0 bridgehead atoms. The van der Waals surface area contributed by atoms with Crippen LogP contribution in [0.2, 0.25) is 0 Å². The average Bonchev–Trinajstić information content (AvgIpc) is 3.40. The van der Waals surface area contributed by atoms with Gasteiger partial charge in [0.05, 0.1) is 9.88 Å². The number of piperidine rings is 1. The second kappa shape index (κ2) is 10.0. The Morgan fingerprint density at radius 3 is 3.03 bits per heavy atom. The normalized spacial score (nSPS) is 20.9. The van der Waals surface area contributed by atoms with E-state index in [2.05, 4.69) is 41.3 Å². The second-order valence-electron chi connectivity index (χ2n) is 8.94. The molecule has 1 fully saturated rings. The maximum absolute atomic E-state index is 14.5. The summed E-state index contributed by atoms with van der Waals surface area (Å²) < 4.78 is 14.5. The lowest BCUT2D eigenvalue weighted by Crippen LogP contribution is -2.38. The van der Waals surface area contributed by atoms with E-state index < -0.39 is 6.17 Å². The molecule has 1 saturated heterocycles. The molecule has 1 N–H and O–H groups in total. The molecule has 3 aromatic rings. The topological polar surface area (TPSA) is 49.0 Å². The summed E-state index contributed by atoms with van der Waals surface area (Å²) in [5, 5.41) is 2.03. The van der Waals surface area contributed by atoms with Crippen molar-refractivity contribution >= 4 is 28.0 Å². The van der Waals surface area contributed by atoms with Crippen LogP contribution in [0.5, 0.6) is 0 Å². The van der Waals surface area contributed by atoms with E-state index in [1.54, 1.807) is 6.20 Å². The fourth-order valence-corrected chi connectivity index (χ4v) is 5.72. The number of nitrogens with zero attached hydrogens (tertiary/aromatic N) is 2. The van der Waals surface area contributed by atoms with Crippen LogP contribution < -0.4 is 0 Å². The smallest absolute Gasteiger partial charge is 0.174 e. The fourth-order valence-electron chi connectivity index (χ4n) is 4.67. The Kier molecular flexibility index (Phi) is 7.18. The lowest BCUT2D eigenvalue weighted by atomic mass is 9.89. The number of carbonyl (C=O) groups excluding carboxylic acids is 1. The molecule has 2 aromatic heterocycles. The van der Waals surface area contributed by atoms with Gasteiger partial charge in [-0.15, -0.1) is 11.3 Å². The van der Waals surface area contributed by atoms with Crippen molar-refractivity contribution < 1.29 is 9.18 Å². The highest BCUT2D eigenvalue weighted by atomic mass is 32.1. The van der Waals surface area contributed by atoms with Crippen LogP contribution in [0.15, 0.2) is 36.7 Å². The number of benzene rings is 1. The number of Topliss-reactive ketones (excluding diaryl/α,β-unsaturated/α-hetero) is 1. The first kappa shape index (κ1) is 22.2. The molecule has 3 heterocycles. The van der Waals surface area contributed by atoms with E-state index in [-0.39, 0.29) is 11.7 Å². The maximum Gasteiger partial charge on any atom is 0.174 e. The highest BCUT2D eigenvalue weighted by Gasteiger charge is 2.31. The van der Waals surface area contributed by atoms with Gasteiger partial charge in [0.25, 0.3) is 0 Å². The Labute approximate surface area is 187 Å². The number of para-hydroxylation sites is 1. The zero-order valence-electron chi connectivity index (χ0n) is 18.4. The number of aromatic amines is 1. The summed E-state index contributed by atoms with van der Waals surface area (Å²) in [6.07, 6.45) is 8.30. The second-order valence-corrected chi connectivity index (χ2v) is 10.00. The van der Waals surface area contributed by atoms with Crippen LogP contribution in [0.1, 0.15) is 65.2 Å². The monoisotopic (exact) mass is 441 g/mol. The number of carbonyl (C=O) groups is 1. The third kappa shape index (κ3) is 5.24. The summed E-state index contributed by atoms with van der Waals surface area (Å²) in [7, 11) is 1.95. The molecule has 1 aliphatic heterocycles. The molecule has 1 aliphatic rings. The molecule has 166 valence electrons. The Morgan fingerprint density at radius 2 is 2.23 bits per heavy atom. The number of thiazole rings is 1. The molecule has 6 heteroatoms. The number of rotatable bonds is 9. The van der Waals surface area contributed by atoms with Gasteiger partial charge in [-0.25, -0.2) is 9.37 Å². The zero-order chi connectivity index (χ0) is 21.8. The molecule has 0 saturated carbocycles. The van der Waals surface area contributed by atoms with Crippen molar-refractivity contribution in [1.82, 2.24) is 14.9 Å². The quantitative estimate of drug-likeness (QED) is 0.414. The summed E-state index contributed by atoms with van der Waals surface area (Å²) in [6.45, 7) is 3.50. The number of hydrogen-bond acceptors (Lipinski definition) is 4. The molecule has 0 radical (unpaired) electrons. The summed E-state index contributed by atoms with van der Waals surface area (Å²) in [5.74, 6) is 0.271. The number of ketones is 1. The predicted octanol–water partition coefficient (Wildman–Crippen LogP) is 6.00. The molecule has 3 atom stereocenters.